The van der Waals surface area contributed by atoms with E-state index in [9.17, 15) is 18.7 Å². The van der Waals surface area contributed by atoms with Crippen molar-refractivity contribution in [2.24, 2.45) is 5.10 Å². The van der Waals surface area contributed by atoms with Gasteiger partial charge in [-0.2, -0.15) is 5.10 Å². The fourth-order valence-electron chi connectivity index (χ4n) is 3.27. The summed E-state index contributed by atoms with van der Waals surface area (Å²) in [5.41, 5.74) is 4.79. The third kappa shape index (κ3) is 4.57. The average molecular weight is 440 g/mol. The second-order valence-electron chi connectivity index (χ2n) is 6.87. The summed E-state index contributed by atoms with van der Waals surface area (Å²) in [7, 11) is 0. The summed E-state index contributed by atoms with van der Waals surface area (Å²) in [5, 5.41) is 14.4. The minimum atomic E-state index is -0.620. The number of amides is 1. The van der Waals surface area contributed by atoms with Crippen molar-refractivity contribution in [2.45, 2.75) is 6.54 Å². The molecule has 0 bridgehead atoms. The molecular formula is C23H16ClF2N3O2. The van der Waals surface area contributed by atoms with E-state index in [1.807, 2.05) is 35.0 Å². The zero-order chi connectivity index (χ0) is 22.0. The maximum absolute atomic E-state index is 13.5. The molecule has 5 nitrogen and oxygen atoms in total. The van der Waals surface area contributed by atoms with E-state index in [-0.39, 0.29) is 16.3 Å². The van der Waals surface area contributed by atoms with E-state index in [2.05, 4.69) is 10.5 Å². The molecule has 31 heavy (non-hydrogen) atoms. The van der Waals surface area contributed by atoms with Gasteiger partial charge in [-0.05, 0) is 48.0 Å². The highest BCUT2D eigenvalue weighted by Crippen LogP contribution is 2.24. The van der Waals surface area contributed by atoms with Crippen LogP contribution >= 0.6 is 11.6 Å². The van der Waals surface area contributed by atoms with Crippen molar-refractivity contribution >= 4 is 34.6 Å². The van der Waals surface area contributed by atoms with Gasteiger partial charge in [-0.25, -0.2) is 14.2 Å². The van der Waals surface area contributed by atoms with Crippen LogP contribution in [0, 0.1) is 11.6 Å². The molecule has 0 spiro atoms. The number of carbonyl (C=O) groups excluding carboxylic acids is 1. The number of aromatic nitrogens is 1. The lowest BCUT2D eigenvalue weighted by atomic mass is 10.1. The van der Waals surface area contributed by atoms with Crippen molar-refractivity contribution in [1.82, 2.24) is 9.99 Å². The SMILES string of the molecule is O=C(N/N=C/c1cccc2c1ccn2Cc1cc(F)cc(F)c1)c1ccc(O)c(Cl)c1. The minimum absolute atomic E-state index is 0.0703. The zero-order valence-corrected chi connectivity index (χ0v) is 16.8. The Kier molecular flexibility index (Phi) is 5.68. The second-order valence-corrected chi connectivity index (χ2v) is 7.27. The molecule has 8 heteroatoms. The fraction of sp³-hybridized carbons (Fsp3) is 0.0435. The maximum Gasteiger partial charge on any atom is 0.271 e. The largest absolute Gasteiger partial charge is 0.506 e. The van der Waals surface area contributed by atoms with Crippen LogP contribution in [0.5, 0.6) is 5.75 Å². The molecule has 4 aromatic rings. The molecule has 0 unspecified atom stereocenters. The second kappa shape index (κ2) is 8.57. The Labute approximate surface area is 181 Å². The van der Waals surface area contributed by atoms with Crippen LogP contribution in [0.25, 0.3) is 10.9 Å². The molecule has 0 radical (unpaired) electrons. The molecule has 0 fully saturated rings. The maximum atomic E-state index is 13.5. The first-order valence-electron chi connectivity index (χ1n) is 9.25. The molecule has 0 aliphatic rings. The van der Waals surface area contributed by atoms with Gasteiger partial charge in [0.1, 0.15) is 17.4 Å². The standard InChI is InChI=1S/C23H16ClF2N3O2/c24-20-10-15(4-5-22(20)30)23(31)28-27-12-16-2-1-3-21-19(16)6-7-29(21)13-14-8-17(25)11-18(26)9-14/h1-12,30H,13H2,(H,28,31)/b27-12+. The molecule has 4 rings (SSSR count). The van der Waals surface area contributed by atoms with Gasteiger partial charge in [-0.3, -0.25) is 4.79 Å². The van der Waals surface area contributed by atoms with Gasteiger partial charge < -0.3 is 9.67 Å². The first-order valence-corrected chi connectivity index (χ1v) is 9.63. The molecule has 2 N–H and O–H groups in total. The number of phenolic OH excluding ortho intramolecular Hbond substituents is 1. The first kappa shape index (κ1) is 20.6. The number of phenols is 1. The number of hydrazone groups is 1. The predicted molar refractivity (Wildman–Crippen MR) is 116 cm³/mol. The van der Waals surface area contributed by atoms with Crippen molar-refractivity contribution in [1.29, 1.82) is 0 Å². The van der Waals surface area contributed by atoms with Gasteiger partial charge >= 0.3 is 0 Å². The Morgan fingerprint density at radius 2 is 1.87 bits per heavy atom. The lowest BCUT2D eigenvalue weighted by Crippen LogP contribution is -2.17. The summed E-state index contributed by atoms with van der Waals surface area (Å²) in [6.45, 7) is 0.303. The molecule has 0 aliphatic carbocycles. The summed E-state index contributed by atoms with van der Waals surface area (Å²) in [5.74, 6) is -1.83. The van der Waals surface area contributed by atoms with Gasteiger partial charge in [0, 0.05) is 40.8 Å². The van der Waals surface area contributed by atoms with E-state index >= 15 is 0 Å². The number of hydrogen-bond donors (Lipinski definition) is 2. The number of nitrogens with one attached hydrogen (secondary N) is 1. The smallest absolute Gasteiger partial charge is 0.271 e. The van der Waals surface area contributed by atoms with Crippen LogP contribution in [0.1, 0.15) is 21.5 Å². The normalized spacial score (nSPS) is 11.3. The Bertz CT molecular complexity index is 1300. The first-order chi connectivity index (χ1) is 14.9. The quantitative estimate of drug-likeness (QED) is 0.336. The molecule has 0 atom stereocenters. The number of aromatic hydroxyl groups is 1. The Morgan fingerprint density at radius 1 is 1.10 bits per heavy atom. The number of nitrogens with zero attached hydrogens (tertiary/aromatic N) is 2. The third-order valence-corrected chi connectivity index (χ3v) is 5.01. The lowest BCUT2D eigenvalue weighted by molar-refractivity contribution is 0.0955. The highest BCUT2D eigenvalue weighted by molar-refractivity contribution is 6.32. The van der Waals surface area contributed by atoms with E-state index in [0.29, 0.717) is 12.1 Å². The van der Waals surface area contributed by atoms with Gasteiger partial charge in [0.15, 0.2) is 0 Å². The van der Waals surface area contributed by atoms with Gasteiger partial charge in [0.25, 0.3) is 5.91 Å². The Hall–Kier alpha value is -3.71. The molecular weight excluding hydrogens is 424 g/mol. The topological polar surface area (TPSA) is 66.6 Å². The van der Waals surface area contributed by atoms with Crippen LogP contribution < -0.4 is 5.43 Å². The molecule has 1 heterocycles. The number of rotatable bonds is 5. The van der Waals surface area contributed by atoms with Gasteiger partial charge in [-0.15, -0.1) is 0 Å². The summed E-state index contributed by atoms with van der Waals surface area (Å²) >= 11 is 5.82. The van der Waals surface area contributed by atoms with Crippen LogP contribution in [0.2, 0.25) is 5.02 Å². The van der Waals surface area contributed by atoms with Crippen LogP contribution in [0.15, 0.2) is 72.0 Å². The summed E-state index contributed by atoms with van der Waals surface area (Å²) in [6.07, 6.45) is 3.33. The van der Waals surface area contributed by atoms with Crippen LogP contribution in [0.3, 0.4) is 0 Å². The summed E-state index contributed by atoms with van der Waals surface area (Å²) < 4.78 is 28.8. The Balaban J connectivity index is 1.53. The highest BCUT2D eigenvalue weighted by atomic mass is 35.5. The van der Waals surface area contributed by atoms with E-state index in [1.165, 1.54) is 36.5 Å². The fourth-order valence-corrected chi connectivity index (χ4v) is 3.45. The monoisotopic (exact) mass is 439 g/mol. The average Bonchev–Trinajstić information content (AvgIpc) is 3.13. The van der Waals surface area contributed by atoms with Gasteiger partial charge in [0.2, 0.25) is 0 Å². The van der Waals surface area contributed by atoms with Crippen LogP contribution in [0.4, 0.5) is 8.78 Å². The van der Waals surface area contributed by atoms with Crippen molar-refractivity contribution in [3.63, 3.8) is 0 Å². The number of carbonyl (C=O) groups is 1. The summed E-state index contributed by atoms with van der Waals surface area (Å²) in [4.78, 5) is 12.2. The van der Waals surface area contributed by atoms with E-state index in [4.69, 9.17) is 11.6 Å². The van der Waals surface area contributed by atoms with Gasteiger partial charge in [0.05, 0.1) is 11.2 Å². The van der Waals surface area contributed by atoms with Crippen molar-refractivity contribution < 1.29 is 18.7 Å². The number of benzene rings is 3. The summed E-state index contributed by atoms with van der Waals surface area (Å²) in [6, 6.07) is 15.0. The molecule has 1 amide bonds. The van der Waals surface area contributed by atoms with Gasteiger partial charge in [-0.1, -0.05) is 23.7 Å². The minimum Gasteiger partial charge on any atom is -0.506 e. The molecule has 0 saturated carbocycles. The van der Waals surface area contributed by atoms with E-state index < -0.39 is 17.5 Å². The molecule has 0 saturated heterocycles. The number of fused-ring (bicyclic) bond motifs is 1. The highest BCUT2D eigenvalue weighted by Gasteiger charge is 2.09. The predicted octanol–water partition coefficient (Wildman–Crippen LogP) is 5.09. The van der Waals surface area contributed by atoms with Crippen molar-refractivity contribution in [3.8, 4) is 5.75 Å². The lowest BCUT2D eigenvalue weighted by Gasteiger charge is -2.07. The molecule has 0 aliphatic heterocycles. The van der Waals surface area contributed by atoms with Crippen LogP contribution in [-0.2, 0) is 6.54 Å². The van der Waals surface area contributed by atoms with E-state index in [0.717, 1.165) is 22.5 Å². The molecule has 1 aromatic heterocycles. The molecule has 156 valence electrons. The van der Waals surface area contributed by atoms with E-state index in [1.54, 1.807) is 0 Å². The molecule has 3 aromatic carbocycles. The van der Waals surface area contributed by atoms with Crippen LogP contribution in [-0.4, -0.2) is 21.8 Å². The number of halogens is 3. The van der Waals surface area contributed by atoms with Crippen molar-refractivity contribution in [3.05, 3.63) is 100 Å². The zero-order valence-electron chi connectivity index (χ0n) is 16.0. The number of hydrogen-bond acceptors (Lipinski definition) is 3. The Morgan fingerprint density at radius 3 is 2.61 bits per heavy atom. The third-order valence-electron chi connectivity index (χ3n) is 4.70. The van der Waals surface area contributed by atoms with Crippen molar-refractivity contribution in [2.75, 3.05) is 0 Å².